The van der Waals surface area contributed by atoms with E-state index in [4.69, 9.17) is 37.9 Å². The molecule has 13 nitrogen and oxygen atoms in total. The maximum absolute atomic E-state index is 12.9. The van der Waals surface area contributed by atoms with Crippen LogP contribution >= 0.6 is 0 Å². The highest BCUT2D eigenvalue weighted by molar-refractivity contribution is 5.93. The molecule has 0 aliphatic carbocycles. The van der Waals surface area contributed by atoms with Crippen molar-refractivity contribution in [2.75, 3.05) is 33.5 Å². The molecule has 0 aromatic heterocycles. The van der Waals surface area contributed by atoms with Crippen LogP contribution in [0.2, 0.25) is 0 Å². The Morgan fingerprint density at radius 1 is 0.667 bits per heavy atom. The first kappa shape index (κ1) is 36.5. The van der Waals surface area contributed by atoms with Crippen molar-refractivity contribution in [3.8, 4) is 11.5 Å². The van der Waals surface area contributed by atoms with Crippen molar-refractivity contribution in [2.45, 2.75) is 37.3 Å². The summed E-state index contributed by atoms with van der Waals surface area (Å²) in [5.74, 6) is -1.97. The second-order valence-electron chi connectivity index (χ2n) is 11.3. The van der Waals surface area contributed by atoms with E-state index in [9.17, 15) is 24.0 Å². The number of carbonyl (C=O) groups excluding carboxylic acids is 5. The molecule has 2 aliphatic heterocycles. The Balaban J connectivity index is 1.03. The van der Waals surface area contributed by atoms with Gasteiger partial charge in [-0.25, -0.2) is 24.0 Å². The zero-order chi connectivity index (χ0) is 36.2. The van der Waals surface area contributed by atoms with E-state index in [2.05, 4.69) is 6.58 Å². The molecule has 4 atom stereocenters. The molecule has 0 saturated carbocycles. The summed E-state index contributed by atoms with van der Waals surface area (Å²) < 4.78 is 43.3. The lowest BCUT2D eigenvalue weighted by molar-refractivity contribution is -0.140. The van der Waals surface area contributed by atoms with E-state index in [0.29, 0.717) is 29.7 Å². The van der Waals surface area contributed by atoms with Crippen LogP contribution < -0.4 is 9.47 Å². The standard InChI is InChI=1S/C38H36O13/c1-3-32(39)45-20-4-5-21-46-33(40)19-8-24-6-9-25(10-7-24)36(41)49-29-17-13-27(14-18-29)38(43)51-31-23-48-34-30(22-47-35(31)34)50-37(42)26-11-15-28(44-2)16-12-26/h3,6-19,30-31,34-35H,1,4-5,20-23H2,2H3/b19-8+/t30-,31+,34+,35+/m0/s1. The molecule has 0 bridgehead atoms. The first-order chi connectivity index (χ1) is 24.7. The number of rotatable bonds is 15. The van der Waals surface area contributed by atoms with Gasteiger partial charge >= 0.3 is 29.8 Å². The highest BCUT2D eigenvalue weighted by Crippen LogP contribution is 2.32. The number of ether oxygens (including phenoxy) is 8. The second kappa shape index (κ2) is 17.7. The van der Waals surface area contributed by atoms with Crippen LogP contribution in [0.3, 0.4) is 0 Å². The molecule has 13 heteroatoms. The number of carbonyl (C=O) groups is 5. The van der Waals surface area contributed by atoms with Gasteiger partial charge in [0.2, 0.25) is 0 Å². The lowest BCUT2D eigenvalue weighted by atomic mass is 10.1. The fraction of sp³-hybridized carbons (Fsp3) is 0.289. The van der Waals surface area contributed by atoms with Gasteiger partial charge < -0.3 is 37.9 Å². The summed E-state index contributed by atoms with van der Waals surface area (Å²) in [6, 6.07) is 18.8. The van der Waals surface area contributed by atoms with Gasteiger partial charge in [0.05, 0.1) is 50.2 Å². The monoisotopic (exact) mass is 700 g/mol. The number of hydrogen-bond acceptors (Lipinski definition) is 13. The average molecular weight is 701 g/mol. The van der Waals surface area contributed by atoms with Crippen LogP contribution in [0.4, 0.5) is 0 Å². The molecule has 2 heterocycles. The van der Waals surface area contributed by atoms with Gasteiger partial charge in [0, 0.05) is 12.2 Å². The van der Waals surface area contributed by atoms with Gasteiger partial charge in [-0.2, -0.15) is 0 Å². The van der Waals surface area contributed by atoms with E-state index < -0.39 is 54.3 Å². The smallest absolute Gasteiger partial charge is 0.343 e. The summed E-state index contributed by atoms with van der Waals surface area (Å²) in [6.07, 6.45) is 2.44. The van der Waals surface area contributed by atoms with Crippen LogP contribution in [0.1, 0.15) is 49.5 Å². The molecule has 0 amide bonds. The zero-order valence-electron chi connectivity index (χ0n) is 27.7. The molecule has 0 radical (unpaired) electrons. The maximum Gasteiger partial charge on any atom is 0.343 e. The topological polar surface area (TPSA) is 159 Å². The Labute approximate surface area is 293 Å². The molecule has 2 fully saturated rings. The van der Waals surface area contributed by atoms with Crippen molar-refractivity contribution in [1.29, 1.82) is 0 Å². The van der Waals surface area contributed by atoms with E-state index in [1.54, 1.807) is 54.6 Å². The van der Waals surface area contributed by atoms with Crippen molar-refractivity contribution in [3.63, 3.8) is 0 Å². The largest absolute Gasteiger partial charge is 0.497 e. The SMILES string of the molecule is C=CC(=O)OCCCCOC(=O)/C=C/c1ccc(C(=O)Oc2ccc(C(=O)O[C@@H]3CO[C@H]4[C@@H]3OC[C@@H]4OC(=O)c3ccc(OC)cc3)cc2)cc1. The second-order valence-corrected chi connectivity index (χ2v) is 11.3. The average Bonchev–Trinajstić information content (AvgIpc) is 3.75. The molecule has 3 aromatic rings. The van der Waals surface area contributed by atoms with Crippen molar-refractivity contribution >= 4 is 35.9 Å². The molecule has 2 aliphatic rings. The number of benzene rings is 3. The molecule has 2 saturated heterocycles. The Morgan fingerprint density at radius 3 is 1.65 bits per heavy atom. The normalized spacial score (nSPS) is 19.1. The van der Waals surface area contributed by atoms with E-state index in [-0.39, 0.29) is 43.3 Å². The lowest BCUT2D eigenvalue weighted by Crippen LogP contribution is -2.36. The summed E-state index contributed by atoms with van der Waals surface area (Å²) in [5.41, 5.74) is 1.51. The third kappa shape index (κ3) is 10.1. The Bertz CT molecular complexity index is 1730. The predicted octanol–water partition coefficient (Wildman–Crippen LogP) is 4.53. The van der Waals surface area contributed by atoms with Crippen LogP contribution in [0.25, 0.3) is 6.08 Å². The Morgan fingerprint density at radius 2 is 1.14 bits per heavy atom. The summed E-state index contributed by atoms with van der Waals surface area (Å²) in [5, 5.41) is 0. The summed E-state index contributed by atoms with van der Waals surface area (Å²) in [4.78, 5) is 61.1. The van der Waals surface area contributed by atoms with Gasteiger partial charge in [0.25, 0.3) is 0 Å². The molecule has 0 spiro atoms. The Kier molecular flexibility index (Phi) is 12.7. The number of esters is 5. The summed E-state index contributed by atoms with van der Waals surface area (Å²) in [6.45, 7) is 3.88. The van der Waals surface area contributed by atoms with Gasteiger partial charge in [-0.15, -0.1) is 0 Å². The van der Waals surface area contributed by atoms with Gasteiger partial charge in [0.15, 0.2) is 12.2 Å². The van der Waals surface area contributed by atoms with Crippen molar-refractivity contribution in [2.24, 2.45) is 0 Å². The Hall–Kier alpha value is -5.79. The minimum Gasteiger partial charge on any atom is -0.497 e. The maximum atomic E-state index is 12.9. The van der Waals surface area contributed by atoms with Gasteiger partial charge in [-0.1, -0.05) is 18.7 Å². The number of hydrogen-bond donors (Lipinski definition) is 0. The highest BCUT2D eigenvalue weighted by Gasteiger charge is 2.51. The zero-order valence-corrected chi connectivity index (χ0v) is 27.7. The number of unbranched alkanes of at least 4 members (excludes halogenated alkanes) is 1. The van der Waals surface area contributed by atoms with Gasteiger partial charge in [-0.05, 0) is 85.1 Å². The summed E-state index contributed by atoms with van der Waals surface area (Å²) >= 11 is 0. The van der Waals surface area contributed by atoms with Crippen LogP contribution in [0.15, 0.2) is 91.5 Å². The van der Waals surface area contributed by atoms with Crippen molar-refractivity contribution in [3.05, 3.63) is 114 Å². The molecular weight excluding hydrogens is 664 g/mol. The van der Waals surface area contributed by atoms with Crippen LogP contribution in [-0.4, -0.2) is 87.8 Å². The number of fused-ring (bicyclic) bond motifs is 1. The molecule has 3 aromatic carbocycles. The highest BCUT2D eigenvalue weighted by atomic mass is 16.7. The van der Waals surface area contributed by atoms with Crippen LogP contribution in [-0.2, 0) is 38.0 Å². The van der Waals surface area contributed by atoms with Crippen molar-refractivity contribution in [1.82, 2.24) is 0 Å². The molecular formula is C38H36O13. The fourth-order valence-corrected chi connectivity index (χ4v) is 5.15. The first-order valence-corrected chi connectivity index (χ1v) is 16.1. The molecule has 5 rings (SSSR count). The third-order valence-corrected chi connectivity index (χ3v) is 7.86. The fourth-order valence-electron chi connectivity index (χ4n) is 5.15. The van der Waals surface area contributed by atoms with E-state index in [1.165, 1.54) is 37.5 Å². The minimum atomic E-state index is -0.708. The summed E-state index contributed by atoms with van der Waals surface area (Å²) in [7, 11) is 1.53. The third-order valence-electron chi connectivity index (χ3n) is 7.86. The van der Waals surface area contributed by atoms with E-state index in [0.717, 1.165) is 6.08 Å². The quantitative estimate of drug-likeness (QED) is 0.0716. The predicted molar refractivity (Wildman–Crippen MR) is 179 cm³/mol. The molecule has 0 unspecified atom stereocenters. The molecule has 51 heavy (non-hydrogen) atoms. The van der Waals surface area contributed by atoms with Crippen LogP contribution in [0, 0.1) is 0 Å². The van der Waals surface area contributed by atoms with Gasteiger partial charge in [-0.3, -0.25) is 0 Å². The molecule has 266 valence electrons. The van der Waals surface area contributed by atoms with Crippen LogP contribution in [0.5, 0.6) is 11.5 Å². The first-order valence-electron chi connectivity index (χ1n) is 16.1. The van der Waals surface area contributed by atoms with E-state index in [1.807, 2.05) is 0 Å². The lowest BCUT2D eigenvalue weighted by Gasteiger charge is -2.17. The van der Waals surface area contributed by atoms with Crippen molar-refractivity contribution < 1.29 is 61.9 Å². The number of methoxy groups -OCH3 is 1. The molecule has 0 N–H and O–H groups in total. The van der Waals surface area contributed by atoms with Gasteiger partial charge in [0.1, 0.15) is 23.7 Å². The minimum absolute atomic E-state index is 0.0734. The van der Waals surface area contributed by atoms with E-state index >= 15 is 0 Å².